The first kappa shape index (κ1) is 60.7. The van der Waals surface area contributed by atoms with Crippen molar-refractivity contribution in [3.05, 3.63) is 142 Å². The Bertz CT molecular complexity index is 3160. The fourth-order valence-electron chi connectivity index (χ4n) is 10.6. The van der Waals surface area contributed by atoms with E-state index < -0.39 is 68.8 Å². The Morgan fingerprint density at radius 1 is 0.286 bits per heavy atom. The van der Waals surface area contributed by atoms with Crippen LogP contribution in [0.15, 0.2) is 72.8 Å². The van der Waals surface area contributed by atoms with Gasteiger partial charge in [-0.1, -0.05) is 105 Å². The largest absolute Gasteiger partial charge is 0.493 e. The van der Waals surface area contributed by atoms with E-state index in [1.165, 1.54) is 48.6 Å². The maximum Gasteiger partial charge on any atom is 0.137 e. The molecule has 0 radical (unpaired) electrons. The minimum atomic E-state index is -1.05. The van der Waals surface area contributed by atoms with Crippen molar-refractivity contribution in [3.63, 3.8) is 0 Å². The molecule has 0 aliphatic carbocycles. The van der Waals surface area contributed by atoms with E-state index in [2.05, 4.69) is 37.7 Å². The van der Waals surface area contributed by atoms with E-state index in [0.29, 0.717) is 25.7 Å². The van der Waals surface area contributed by atoms with Gasteiger partial charge in [0, 0.05) is 92.9 Å². The van der Waals surface area contributed by atoms with Crippen molar-refractivity contribution in [2.75, 3.05) is 26.4 Å². The van der Waals surface area contributed by atoms with Crippen LogP contribution in [0.25, 0.3) is 90.9 Å². The molecule has 442 valence electrons. The molecule has 7 aromatic rings. The first-order valence-corrected chi connectivity index (χ1v) is 29.5. The van der Waals surface area contributed by atoms with Gasteiger partial charge in [-0.3, -0.25) is 0 Å². The molecule has 0 saturated heterocycles. The average molecular weight is 1160 g/mol. The maximum absolute atomic E-state index is 17.0. The van der Waals surface area contributed by atoms with Gasteiger partial charge in [-0.2, -0.15) is 0 Å². The third-order valence-corrected chi connectivity index (χ3v) is 14.9. The molecule has 3 aromatic heterocycles. The summed E-state index contributed by atoms with van der Waals surface area (Å²) in [7, 11) is 0. The highest BCUT2D eigenvalue weighted by atomic mass is 19.2. The summed E-state index contributed by atoms with van der Waals surface area (Å²) in [5.74, 6) is -8.65. The van der Waals surface area contributed by atoms with Gasteiger partial charge >= 0.3 is 0 Å². The number of hydrogen-bond acceptors (Lipinski definition) is 6. The average Bonchev–Trinajstić information content (AvgIpc) is 2.68. The van der Waals surface area contributed by atoms with Crippen LogP contribution in [0.1, 0.15) is 153 Å². The number of aromatic nitrogens is 4. The predicted octanol–water partition coefficient (Wildman–Crippen LogP) is 20.3. The van der Waals surface area contributed by atoms with Gasteiger partial charge in [-0.15, -0.1) is 0 Å². The highest BCUT2D eigenvalue weighted by Gasteiger charge is 2.28. The summed E-state index contributed by atoms with van der Waals surface area (Å²) >= 11 is 0. The second-order valence-electron chi connectivity index (χ2n) is 21.2. The second-order valence-corrected chi connectivity index (χ2v) is 21.2. The standard InChI is InChI=1S/C68H70F8N4O4/c1-5-9-13-17-29-81-41-33-45(69)61(46(70)34-41)65-53-21-23-55(77-53)66(62-47(71)35-42(36-48(62)72)82-30-18-14-10-6-2)57-25-27-59(79-57)68(64-51(75)39-44(40-52(64)76)84-32-20-16-12-8-4)60-28-26-58(80-60)67(56-24-22-54(65)78-56)63-49(73)37-43(38-50(63)74)83-31-19-15-11-7-3/h21-28,33-40,77,80H,5-20,29-32H2,1-4H3. The number of hydrogen-bond donors (Lipinski definition) is 2. The van der Waals surface area contributed by atoms with Crippen molar-refractivity contribution >= 4 is 46.4 Å². The smallest absolute Gasteiger partial charge is 0.137 e. The normalized spacial score (nSPS) is 12.0. The van der Waals surface area contributed by atoms with Crippen LogP contribution in [-0.4, -0.2) is 46.4 Å². The quantitative estimate of drug-likeness (QED) is 0.0375. The lowest BCUT2D eigenvalue weighted by atomic mass is 10.0. The van der Waals surface area contributed by atoms with Crippen LogP contribution < -0.4 is 18.9 Å². The Hall–Kier alpha value is -7.88. The third kappa shape index (κ3) is 14.0. The van der Waals surface area contributed by atoms with Gasteiger partial charge in [0.1, 0.15) is 69.5 Å². The summed E-state index contributed by atoms with van der Waals surface area (Å²) < 4.78 is 159. The fourth-order valence-corrected chi connectivity index (χ4v) is 10.6. The van der Waals surface area contributed by atoms with Gasteiger partial charge in [0.2, 0.25) is 0 Å². The first-order valence-electron chi connectivity index (χ1n) is 29.5. The fraction of sp³-hybridized carbons (Fsp3) is 0.353. The number of benzene rings is 4. The lowest BCUT2D eigenvalue weighted by Gasteiger charge is -2.13. The highest BCUT2D eigenvalue weighted by Crippen LogP contribution is 2.44. The molecule has 16 heteroatoms. The minimum Gasteiger partial charge on any atom is -0.493 e. The molecule has 2 N–H and O–H groups in total. The van der Waals surface area contributed by atoms with Crippen molar-refractivity contribution in [2.24, 2.45) is 0 Å². The number of fused-ring (bicyclic) bond motifs is 8. The highest BCUT2D eigenvalue weighted by molar-refractivity contribution is 6.00. The van der Waals surface area contributed by atoms with Crippen molar-refractivity contribution in [3.8, 4) is 67.5 Å². The summed E-state index contributed by atoms with van der Waals surface area (Å²) in [4.78, 5) is 16.1. The molecule has 4 aromatic carbocycles. The molecule has 0 unspecified atom stereocenters. The van der Waals surface area contributed by atoms with Crippen LogP contribution in [0, 0.1) is 46.5 Å². The van der Waals surface area contributed by atoms with Gasteiger partial charge < -0.3 is 28.9 Å². The molecule has 0 atom stereocenters. The van der Waals surface area contributed by atoms with Gasteiger partial charge in [0.05, 0.1) is 71.5 Å². The number of aromatic amines is 2. The Kier molecular flexibility index (Phi) is 20.7. The number of nitrogens with zero attached hydrogens (tertiary/aromatic N) is 2. The predicted molar refractivity (Wildman–Crippen MR) is 319 cm³/mol. The molecule has 2 aliphatic heterocycles. The summed E-state index contributed by atoms with van der Waals surface area (Å²) in [6.07, 6.45) is 19.5. The van der Waals surface area contributed by atoms with Crippen molar-refractivity contribution in [1.29, 1.82) is 0 Å². The van der Waals surface area contributed by atoms with E-state index in [-0.39, 0.29) is 117 Å². The topological polar surface area (TPSA) is 94.3 Å². The summed E-state index contributed by atoms with van der Waals surface area (Å²) in [5.41, 5.74) is -3.38. The molecule has 0 fully saturated rings. The Labute approximate surface area is 485 Å². The molecule has 84 heavy (non-hydrogen) atoms. The molecule has 9 rings (SSSR count). The van der Waals surface area contributed by atoms with E-state index in [4.69, 9.17) is 28.9 Å². The lowest BCUT2D eigenvalue weighted by Crippen LogP contribution is -2.01. The zero-order valence-electron chi connectivity index (χ0n) is 47.9. The lowest BCUT2D eigenvalue weighted by molar-refractivity contribution is 0.302. The summed E-state index contributed by atoms with van der Waals surface area (Å²) in [6, 6.07) is 14.2. The van der Waals surface area contributed by atoms with Gasteiger partial charge in [0.15, 0.2) is 0 Å². The molecule has 2 aliphatic rings. The third-order valence-electron chi connectivity index (χ3n) is 14.9. The van der Waals surface area contributed by atoms with E-state index in [9.17, 15) is 0 Å². The number of halogens is 8. The van der Waals surface area contributed by atoms with E-state index in [1.54, 1.807) is 0 Å². The van der Waals surface area contributed by atoms with Crippen molar-refractivity contribution in [2.45, 2.75) is 130 Å². The van der Waals surface area contributed by atoms with E-state index in [1.807, 2.05) is 0 Å². The molecular weight excluding hydrogens is 1090 g/mol. The van der Waals surface area contributed by atoms with Crippen LogP contribution in [0.2, 0.25) is 0 Å². The van der Waals surface area contributed by atoms with Gasteiger partial charge in [-0.05, 0) is 74.3 Å². The summed E-state index contributed by atoms with van der Waals surface area (Å²) in [6.45, 7) is 9.07. The molecular formula is C68H70F8N4O4. The number of nitrogens with one attached hydrogen (secondary N) is 2. The zero-order valence-corrected chi connectivity index (χ0v) is 47.9. The van der Waals surface area contributed by atoms with Crippen LogP contribution in [0.3, 0.4) is 0 Å². The number of H-pyrrole nitrogens is 2. The SMILES string of the molecule is CCCCCCOc1cc(F)c(-c2c3nc(c(-c4c(F)cc(OCCCCCC)cc4F)c4ccc([nH]4)c(-c4c(F)cc(OCCCCCC)cc4F)c4nc(c(-c5c(F)cc(OCCCCCC)cc5F)c5ccc2[nH]5)C=C4)C=C3)c(F)c1. The zero-order chi connectivity index (χ0) is 59.3. The molecule has 8 bridgehead atoms. The molecule has 8 nitrogen and oxygen atoms in total. The molecule has 0 saturated carbocycles. The van der Waals surface area contributed by atoms with E-state index >= 15 is 35.1 Å². The Morgan fingerprint density at radius 2 is 0.488 bits per heavy atom. The number of rotatable bonds is 28. The van der Waals surface area contributed by atoms with Crippen LogP contribution in [-0.2, 0) is 0 Å². The number of ether oxygens (including phenoxy) is 4. The van der Waals surface area contributed by atoms with Crippen LogP contribution in [0.4, 0.5) is 35.1 Å². The Balaban J connectivity index is 1.35. The van der Waals surface area contributed by atoms with E-state index in [0.717, 1.165) is 126 Å². The van der Waals surface area contributed by atoms with Gasteiger partial charge in [0.25, 0.3) is 0 Å². The summed E-state index contributed by atoms with van der Waals surface area (Å²) in [5, 5.41) is 0. The second kappa shape index (κ2) is 28.6. The van der Waals surface area contributed by atoms with Crippen LogP contribution >= 0.6 is 0 Å². The Morgan fingerprint density at radius 3 is 0.679 bits per heavy atom. The van der Waals surface area contributed by atoms with Gasteiger partial charge in [-0.25, -0.2) is 45.1 Å². The molecule has 0 spiro atoms. The molecule has 0 amide bonds. The van der Waals surface area contributed by atoms with Crippen LogP contribution in [0.5, 0.6) is 23.0 Å². The molecule has 5 heterocycles. The van der Waals surface area contributed by atoms with Crippen molar-refractivity contribution < 1.29 is 54.1 Å². The minimum absolute atomic E-state index is 0.00418. The van der Waals surface area contributed by atoms with Crippen molar-refractivity contribution in [1.82, 2.24) is 19.9 Å². The monoisotopic (exact) mass is 1160 g/mol. The first-order chi connectivity index (χ1) is 40.8. The maximum atomic E-state index is 17.0. The number of unbranched alkanes of at least 4 members (excludes halogenated alkanes) is 12.